The van der Waals surface area contributed by atoms with Crippen molar-refractivity contribution in [1.82, 2.24) is 0 Å². The quantitative estimate of drug-likeness (QED) is 0.202. The van der Waals surface area contributed by atoms with E-state index in [1.807, 2.05) is 0 Å². The number of hydrogen-bond acceptors (Lipinski definition) is 0. The summed E-state index contributed by atoms with van der Waals surface area (Å²) in [6, 6.07) is 19.2. The van der Waals surface area contributed by atoms with E-state index in [4.69, 9.17) is 0 Å². The van der Waals surface area contributed by atoms with Crippen molar-refractivity contribution in [2.45, 2.75) is 13.3 Å². The highest BCUT2D eigenvalue weighted by Gasteiger charge is 2.15. The molecule has 0 aromatic heterocycles. The van der Waals surface area contributed by atoms with Crippen LogP contribution in [0.1, 0.15) is 18.9 Å². The third-order valence-electron chi connectivity index (χ3n) is 5.50. The van der Waals surface area contributed by atoms with Gasteiger partial charge in [-0.1, -0.05) is 67.6 Å². The Morgan fingerprint density at radius 2 is 1.00 bits per heavy atom. The highest BCUT2D eigenvalue weighted by molar-refractivity contribution is 5.74. The van der Waals surface area contributed by atoms with Crippen LogP contribution in [0.5, 0.6) is 0 Å². The third kappa shape index (κ3) is 4.62. The summed E-state index contributed by atoms with van der Waals surface area (Å²) in [7, 11) is 0. The van der Waals surface area contributed by atoms with Crippen molar-refractivity contribution in [1.29, 1.82) is 0 Å². The largest absolute Gasteiger partial charge is 0.209 e. The summed E-state index contributed by atoms with van der Waals surface area (Å²) < 4.78 is 82.4. The maximum atomic E-state index is 14.7. The highest BCUT2D eigenvalue weighted by Crippen LogP contribution is 2.32. The Labute approximate surface area is 192 Å². The Kier molecular flexibility index (Phi) is 6.59. The second-order valence-corrected chi connectivity index (χ2v) is 7.68. The summed E-state index contributed by atoms with van der Waals surface area (Å²) in [4.78, 5) is 0. The molecule has 0 aliphatic rings. The van der Waals surface area contributed by atoms with E-state index < -0.39 is 34.9 Å². The molecule has 34 heavy (non-hydrogen) atoms. The highest BCUT2D eigenvalue weighted by atomic mass is 19.2. The standard InChI is InChI=1S/C28H18F6/c1-2-23(29)27(33)19-9-7-17(8-10-19)16-3-5-18(6-4-16)20-11-12-22(24(30)13-20)21-14-25(31)28(34)26(32)15-21/h3-15H,2H2,1H3. The fourth-order valence-corrected chi connectivity index (χ4v) is 3.62. The minimum Gasteiger partial charge on any atom is -0.209 e. The first kappa shape index (κ1) is 23.4. The van der Waals surface area contributed by atoms with Gasteiger partial charge in [-0.25, -0.2) is 26.3 Å². The molecule has 0 aliphatic heterocycles. The summed E-state index contributed by atoms with van der Waals surface area (Å²) in [5.74, 6) is -6.78. The molecule has 0 saturated carbocycles. The lowest BCUT2D eigenvalue weighted by Crippen LogP contribution is -1.94. The van der Waals surface area contributed by atoms with E-state index in [0.717, 1.165) is 23.3 Å². The normalized spacial score (nSPS) is 12.0. The van der Waals surface area contributed by atoms with E-state index in [0.29, 0.717) is 11.1 Å². The topological polar surface area (TPSA) is 0 Å². The molecule has 0 aliphatic carbocycles. The molecule has 0 nitrogen and oxygen atoms in total. The van der Waals surface area contributed by atoms with Crippen molar-refractivity contribution >= 4 is 5.83 Å². The number of halogens is 6. The maximum Gasteiger partial charge on any atom is 0.194 e. The number of hydrogen-bond donors (Lipinski definition) is 0. The van der Waals surface area contributed by atoms with Crippen LogP contribution in [-0.2, 0) is 0 Å². The van der Waals surface area contributed by atoms with E-state index in [2.05, 4.69) is 0 Å². The minimum absolute atomic E-state index is 0.0195. The monoisotopic (exact) mass is 468 g/mol. The molecule has 0 unspecified atom stereocenters. The number of benzene rings is 4. The lowest BCUT2D eigenvalue weighted by molar-refractivity contribution is 0.447. The molecular weight excluding hydrogens is 450 g/mol. The van der Waals surface area contributed by atoms with Gasteiger partial charge in [0.25, 0.3) is 0 Å². The summed E-state index contributed by atoms with van der Waals surface area (Å²) in [6.45, 7) is 1.53. The van der Waals surface area contributed by atoms with Crippen molar-refractivity contribution in [3.05, 3.63) is 114 Å². The van der Waals surface area contributed by atoms with Crippen molar-refractivity contribution in [2.24, 2.45) is 0 Å². The maximum absolute atomic E-state index is 14.7. The average molecular weight is 468 g/mol. The molecule has 0 bridgehead atoms. The third-order valence-corrected chi connectivity index (χ3v) is 5.50. The zero-order valence-electron chi connectivity index (χ0n) is 18.0. The molecule has 0 radical (unpaired) electrons. The van der Waals surface area contributed by atoms with Gasteiger partial charge in [0.15, 0.2) is 23.3 Å². The fourth-order valence-electron chi connectivity index (χ4n) is 3.62. The van der Waals surface area contributed by atoms with Gasteiger partial charge in [-0.3, -0.25) is 0 Å². The van der Waals surface area contributed by atoms with E-state index in [-0.39, 0.29) is 23.1 Å². The molecule has 0 N–H and O–H groups in total. The molecule has 4 aromatic carbocycles. The van der Waals surface area contributed by atoms with Crippen molar-refractivity contribution in [2.75, 3.05) is 0 Å². The van der Waals surface area contributed by atoms with Gasteiger partial charge in [0, 0.05) is 11.1 Å². The van der Waals surface area contributed by atoms with Gasteiger partial charge in [0.05, 0.1) is 0 Å². The Balaban J connectivity index is 1.58. The van der Waals surface area contributed by atoms with Crippen LogP contribution < -0.4 is 0 Å². The van der Waals surface area contributed by atoms with Crippen LogP contribution >= 0.6 is 0 Å². The molecule has 0 heterocycles. The summed E-state index contributed by atoms with van der Waals surface area (Å²) in [5.41, 5.74) is 2.85. The second-order valence-electron chi connectivity index (χ2n) is 7.68. The predicted molar refractivity (Wildman–Crippen MR) is 122 cm³/mol. The van der Waals surface area contributed by atoms with Crippen LogP contribution in [0, 0.1) is 23.3 Å². The Morgan fingerprint density at radius 1 is 0.559 bits per heavy atom. The lowest BCUT2D eigenvalue weighted by atomic mass is 9.97. The minimum atomic E-state index is -1.61. The molecular formula is C28H18F6. The molecule has 4 rings (SSSR count). The lowest BCUT2D eigenvalue weighted by Gasteiger charge is -2.09. The number of allylic oxidation sites excluding steroid dienone is 1. The first-order valence-corrected chi connectivity index (χ1v) is 10.5. The van der Waals surface area contributed by atoms with Crippen LogP contribution in [-0.4, -0.2) is 0 Å². The molecule has 0 spiro atoms. The van der Waals surface area contributed by atoms with Gasteiger partial charge in [0.1, 0.15) is 11.6 Å². The molecule has 0 atom stereocenters. The average Bonchev–Trinajstić information content (AvgIpc) is 2.86. The zero-order valence-corrected chi connectivity index (χ0v) is 18.0. The van der Waals surface area contributed by atoms with Crippen molar-refractivity contribution in [3.63, 3.8) is 0 Å². The van der Waals surface area contributed by atoms with Crippen molar-refractivity contribution in [3.8, 4) is 33.4 Å². The Hall–Kier alpha value is -3.80. The van der Waals surface area contributed by atoms with Crippen LogP contribution in [0.15, 0.2) is 84.7 Å². The van der Waals surface area contributed by atoms with Crippen LogP contribution in [0.2, 0.25) is 0 Å². The molecule has 0 saturated heterocycles. The molecule has 0 amide bonds. The van der Waals surface area contributed by atoms with Crippen LogP contribution in [0.4, 0.5) is 26.3 Å². The molecule has 172 valence electrons. The van der Waals surface area contributed by atoms with E-state index in [1.54, 1.807) is 42.5 Å². The van der Waals surface area contributed by atoms with Crippen molar-refractivity contribution < 1.29 is 26.3 Å². The van der Waals surface area contributed by atoms with Gasteiger partial charge in [-0.15, -0.1) is 0 Å². The van der Waals surface area contributed by atoms with Gasteiger partial charge >= 0.3 is 0 Å². The number of rotatable bonds is 5. The van der Waals surface area contributed by atoms with Gasteiger partial charge in [-0.05, 0) is 52.4 Å². The molecule has 6 heteroatoms. The first-order valence-electron chi connectivity index (χ1n) is 10.5. The van der Waals surface area contributed by atoms with Gasteiger partial charge in [-0.2, -0.15) is 0 Å². The summed E-state index contributed by atoms with van der Waals surface area (Å²) in [6.07, 6.45) is -0.0195. The Bertz CT molecular complexity index is 1350. The zero-order chi connectivity index (χ0) is 24.4. The Morgan fingerprint density at radius 3 is 1.50 bits per heavy atom. The first-order chi connectivity index (χ1) is 16.3. The smallest absolute Gasteiger partial charge is 0.194 e. The van der Waals surface area contributed by atoms with E-state index in [9.17, 15) is 26.3 Å². The molecule has 4 aromatic rings. The summed E-state index contributed by atoms with van der Waals surface area (Å²) in [5, 5.41) is 0. The van der Waals surface area contributed by atoms with Crippen LogP contribution in [0.3, 0.4) is 0 Å². The van der Waals surface area contributed by atoms with E-state index >= 15 is 0 Å². The molecule has 0 fully saturated rings. The van der Waals surface area contributed by atoms with Gasteiger partial charge in [0.2, 0.25) is 0 Å². The predicted octanol–water partition coefficient (Wildman–Crippen LogP) is 9.26. The van der Waals surface area contributed by atoms with E-state index in [1.165, 1.54) is 31.2 Å². The van der Waals surface area contributed by atoms with Crippen LogP contribution in [0.25, 0.3) is 39.2 Å². The second kappa shape index (κ2) is 9.59. The summed E-state index contributed by atoms with van der Waals surface area (Å²) >= 11 is 0. The SMILES string of the molecule is CCC(F)=C(F)c1ccc(-c2ccc(-c3ccc(-c4cc(F)c(F)c(F)c4)c(F)c3)cc2)cc1. The van der Waals surface area contributed by atoms with Gasteiger partial charge < -0.3 is 0 Å². The fraction of sp³-hybridized carbons (Fsp3) is 0.0714.